The molecule has 146 valence electrons. The Balaban J connectivity index is 1.43. The fourth-order valence-electron chi connectivity index (χ4n) is 5.30. The van der Waals surface area contributed by atoms with Crippen molar-refractivity contribution in [3.8, 4) is 0 Å². The minimum absolute atomic E-state index is 0.350. The number of anilines is 2. The van der Waals surface area contributed by atoms with Crippen molar-refractivity contribution >= 4 is 47.9 Å². The monoisotopic (exact) mass is 387 g/mol. The zero-order valence-corrected chi connectivity index (χ0v) is 16.0. The van der Waals surface area contributed by atoms with Gasteiger partial charge in [-0.15, -0.1) is 0 Å². The van der Waals surface area contributed by atoms with Crippen molar-refractivity contribution in [2.45, 2.75) is 31.3 Å². The number of nitrogens with one attached hydrogen (secondary N) is 1. The number of nitrogens with zero attached hydrogens (tertiary/aromatic N) is 3. The standard InChI is InChI=1S/C21H22BN5O2/c1-22-16-10-24-20(25-14-4-2-11(3-5-14)18(23)28)27-19(16)26-17-13-6-12-7-21(29,8-13)9-15(12)17/h2-5,10,12-13,15,29H,1,6-9H2,(H2,23,28)(H,24,25,27)/t12?,13?,15?,21-/m0/s1. The van der Waals surface area contributed by atoms with E-state index in [4.69, 9.17) is 10.7 Å². The molecule has 4 aliphatic rings. The molecule has 0 aliphatic heterocycles. The van der Waals surface area contributed by atoms with E-state index in [1.165, 1.54) is 5.71 Å². The normalized spacial score (nSPS) is 30.5. The van der Waals surface area contributed by atoms with Crippen LogP contribution in [0.4, 0.5) is 17.5 Å². The quantitative estimate of drug-likeness (QED) is 0.670. The van der Waals surface area contributed by atoms with E-state index < -0.39 is 11.5 Å². The summed E-state index contributed by atoms with van der Waals surface area (Å²) in [4.78, 5) is 25.1. The second-order valence-electron chi connectivity index (χ2n) is 8.42. The molecule has 2 aromatic rings. The van der Waals surface area contributed by atoms with Crippen molar-refractivity contribution in [3.05, 3.63) is 36.0 Å². The summed E-state index contributed by atoms with van der Waals surface area (Å²) in [6.45, 7) is 5.57. The van der Waals surface area contributed by atoms with Gasteiger partial charge in [0.05, 0.1) is 0 Å². The number of benzene rings is 1. The first-order valence-electron chi connectivity index (χ1n) is 9.91. The van der Waals surface area contributed by atoms with Gasteiger partial charge in [-0.25, -0.2) is 0 Å². The molecule has 1 heterocycles. The van der Waals surface area contributed by atoms with Gasteiger partial charge in [0.2, 0.25) is 0 Å². The summed E-state index contributed by atoms with van der Waals surface area (Å²) in [5.74, 6) is 1.82. The van der Waals surface area contributed by atoms with Gasteiger partial charge in [0, 0.05) is 0 Å². The van der Waals surface area contributed by atoms with Crippen LogP contribution in [0.3, 0.4) is 0 Å². The molecule has 0 spiro atoms. The van der Waals surface area contributed by atoms with E-state index in [0.717, 1.165) is 36.8 Å². The summed E-state index contributed by atoms with van der Waals surface area (Å²) in [7, 11) is 0. The van der Waals surface area contributed by atoms with Crippen LogP contribution in [0.1, 0.15) is 36.0 Å². The van der Waals surface area contributed by atoms with E-state index >= 15 is 0 Å². The molecular formula is C21H22BN5O2. The predicted octanol–water partition coefficient (Wildman–Crippen LogP) is 1.33. The molecule has 4 atom stereocenters. The molecule has 4 bridgehead atoms. The summed E-state index contributed by atoms with van der Waals surface area (Å²) >= 11 is 0. The van der Waals surface area contributed by atoms with Crippen molar-refractivity contribution in [3.63, 3.8) is 0 Å². The third-order valence-electron chi connectivity index (χ3n) is 6.50. The molecule has 4 N–H and O–H groups in total. The average Bonchev–Trinajstić information content (AvgIpc) is 3.07. The number of aliphatic imine (C=N–C) groups is 1. The van der Waals surface area contributed by atoms with Gasteiger partial charge < -0.3 is 0 Å². The van der Waals surface area contributed by atoms with E-state index in [2.05, 4.69) is 21.8 Å². The fraction of sp³-hybridized carbons (Fsp3) is 0.381. The zero-order chi connectivity index (χ0) is 20.2. The Morgan fingerprint density at radius 1 is 1.31 bits per heavy atom. The van der Waals surface area contributed by atoms with E-state index in [0.29, 0.717) is 35.1 Å². The number of carbonyl (C=O) groups is 1. The second kappa shape index (κ2) is 6.59. The molecule has 29 heavy (non-hydrogen) atoms. The van der Waals surface area contributed by atoms with Gasteiger partial charge in [-0.05, 0) is 0 Å². The molecule has 7 nitrogen and oxygen atoms in total. The predicted molar refractivity (Wildman–Crippen MR) is 114 cm³/mol. The molecule has 6 rings (SSSR count). The Morgan fingerprint density at radius 3 is 2.79 bits per heavy atom. The number of hydrogen-bond acceptors (Lipinski definition) is 6. The third kappa shape index (κ3) is 3.17. The number of nitrogens with two attached hydrogens (primary N) is 1. The Bertz CT molecular complexity index is 1030. The molecule has 1 amide bonds. The number of primary amides is 1. The number of hydrogen-bond donors (Lipinski definition) is 3. The first-order chi connectivity index (χ1) is 13.9. The van der Waals surface area contributed by atoms with Gasteiger partial charge in [-0.3, -0.25) is 0 Å². The molecule has 3 unspecified atom stereocenters. The summed E-state index contributed by atoms with van der Waals surface area (Å²) in [6, 6.07) is 6.82. The number of aromatic nitrogens is 2. The summed E-state index contributed by atoms with van der Waals surface area (Å²) in [6.07, 6.45) is 5.36. The van der Waals surface area contributed by atoms with E-state index in [9.17, 15) is 9.90 Å². The molecular weight excluding hydrogens is 365 g/mol. The van der Waals surface area contributed by atoms with Gasteiger partial charge in [-0.1, -0.05) is 0 Å². The average molecular weight is 387 g/mol. The number of rotatable bonds is 5. The van der Waals surface area contributed by atoms with Crippen LogP contribution in [0.5, 0.6) is 0 Å². The molecule has 0 saturated heterocycles. The second-order valence-corrected chi connectivity index (χ2v) is 8.42. The van der Waals surface area contributed by atoms with Gasteiger partial charge in [-0.2, -0.15) is 0 Å². The first kappa shape index (κ1) is 18.2. The van der Waals surface area contributed by atoms with Crippen LogP contribution in [-0.4, -0.2) is 45.7 Å². The zero-order valence-electron chi connectivity index (χ0n) is 16.0. The topological polar surface area (TPSA) is 113 Å². The van der Waals surface area contributed by atoms with Crippen molar-refractivity contribution < 1.29 is 9.90 Å². The van der Waals surface area contributed by atoms with Crippen LogP contribution >= 0.6 is 0 Å². The van der Waals surface area contributed by atoms with Crippen LogP contribution < -0.4 is 16.5 Å². The van der Waals surface area contributed by atoms with E-state index in [1.807, 2.05) is 0 Å². The van der Waals surface area contributed by atoms with Crippen molar-refractivity contribution in [2.24, 2.45) is 28.5 Å². The van der Waals surface area contributed by atoms with Gasteiger partial charge >= 0.3 is 169 Å². The molecule has 0 radical (unpaired) electrons. The first-order valence-corrected chi connectivity index (χ1v) is 9.91. The maximum atomic E-state index is 11.2. The van der Waals surface area contributed by atoms with Crippen molar-refractivity contribution in [1.29, 1.82) is 0 Å². The maximum absolute atomic E-state index is 11.2. The molecule has 4 saturated carbocycles. The van der Waals surface area contributed by atoms with Crippen molar-refractivity contribution in [1.82, 2.24) is 9.97 Å². The summed E-state index contributed by atoms with van der Waals surface area (Å²) in [5, 5.41) is 13.8. The minimum atomic E-state index is -0.478. The molecule has 1 aromatic carbocycles. The molecule has 4 fully saturated rings. The van der Waals surface area contributed by atoms with E-state index in [1.54, 1.807) is 37.4 Å². The van der Waals surface area contributed by atoms with Crippen LogP contribution in [0.15, 0.2) is 35.5 Å². The molecule has 8 heteroatoms. The Hall–Kier alpha value is -2.87. The number of amides is 1. The third-order valence-corrected chi connectivity index (χ3v) is 6.50. The molecule has 1 aromatic heterocycles. The number of aliphatic hydroxyl groups is 1. The van der Waals surface area contributed by atoms with Crippen LogP contribution in [0, 0.1) is 17.8 Å². The van der Waals surface area contributed by atoms with Crippen LogP contribution in [-0.2, 0) is 0 Å². The SMILES string of the molecule is C=Bc1cnc(Nc2ccc(C(N)=O)cc2)nc1N=C1C2CC3C[C@](O)(C2)CC13. The Labute approximate surface area is 169 Å². The summed E-state index contributed by atoms with van der Waals surface area (Å²) in [5.41, 5.74) is 7.95. The van der Waals surface area contributed by atoms with Crippen LogP contribution in [0.2, 0.25) is 0 Å². The summed E-state index contributed by atoms with van der Waals surface area (Å²) < 4.78 is 0. The van der Waals surface area contributed by atoms with Crippen LogP contribution in [0.25, 0.3) is 0 Å². The fourth-order valence-corrected chi connectivity index (χ4v) is 5.30. The number of carbonyl (C=O) groups excluding carboxylic acids is 1. The van der Waals surface area contributed by atoms with Gasteiger partial charge in [0.1, 0.15) is 0 Å². The van der Waals surface area contributed by atoms with Crippen molar-refractivity contribution in [2.75, 3.05) is 5.32 Å². The van der Waals surface area contributed by atoms with E-state index in [-0.39, 0.29) is 0 Å². The molecule has 4 aliphatic carbocycles. The Morgan fingerprint density at radius 2 is 2.10 bits per heavy atom. The Kier molecular flexibility index (Phi) is 4.13. The van der Waals surface area contributed by atoms with Gasteiger partial charge in [0.25, 0.3) is 0 Å². The van der Waals surface area contributed by atoms with Gasteiger partial charge in [0.15, 0.2) is 0 Å².